The molecule has 1 saturated heterocycles. The van der Waals surface area contributed by atoms with E-state index in [1.807, 2.05) is 6.92 Å². The third-order valence-corrected chi connectivity index (χ3v) is 22.2. The number of aromatic hydroxyl groups is 1. The number of hydrogen-bond donors (Lipinski definition) is 17. The number of guanidine groups is 1. The molecule has 0 spiro atoms. The maximum absolute atomic E-state index is 15.4. The van der Waals surface area contributed by atoms with E-state index >= 15 is 14.4 Å². The number of aromatic nitrogens is 4. The molecule has 2 aromatic heterocycles. The van der Waals surface area contributed by atoms with E-state index in [0.29, 0.717) is 28.5 Å². The van der Waals surface area contributed by atoms with Gasteiger partial charge in [-0.15, -0.1) is 5.10 Å². The van der Waals surface area contributed by atoms with Crippen molar-refractivity contribution in [3.05, 3.63) is 77.7 Å². The first-order valence-corrected chi connectivity index (χ1v) is 41.8. The van der Waals surface area contributed by atoms with E-state index in [0.717, 1.165) is 24.7 Å². The largest absolute Gasteiger partial charge is 0.508 e. The number of benzene rings is 2. The highest BCUT2D eigenvalue weighted by Crippen LogP contribution is 2.30. The molecule has 656 valence electrons. The number of aliphatic imine (C=N–C) groups is 1. The summed E-state index contributed by atoms with van der Waals surface area (Å²) < 4.78 is 1.24. The Bertz CT molecular complexity index is 4300. The maximum Gasteiger partial charge on any atom is 0.312 e. The van der Waals surface area contributed by atoms with Gasteiger partial charge >= 0.3 is 18.0 Å². The van der Waals surface area contributed by atoms with Crippen LogP contribution in [0.15, 0.2) is 65.9 Å². The zero-order chi connectivity index (χ0) is 88.3. The van der Waals surface area contributed by atoms with Gasteiger partial charge in [0.1, 0.15) is 17.6 Å². The summed E-state index contributed by atoms with van der Waals surface area (Å²) in [6, 6.07) is 2.47. The average molecular weight is 1710 g/mol. The molecule has 4 heterocycles. The molecular formula is C81H114N16O21S2. The monoisotopic (exact) mass is 1710 g/mol. The van der Waals surface area contributed by atoms with Gasteiger partial charge in [-0.1, -0.05) is 55.3 Å². The van der Waals surface area contributed by atoms with Gasteiger partial charge in [-0.25, -0.2) is 4.79 Å². The number of fused-ring (bicyclic) bond motifs is 4. The van der Waals surface area contributed by atoms with Crippen molar-refractivity contribution < 1.29 is 102 Å². The van der Waals surface area contributed by atoms with Crippen molar-refractivity contribution in [2.45, 2.75) is 230 Å². The molecule has 2 aromatic carbocycles. The summed E-state index contributed by atoms with van der Waals surface area (Å²) in [5.74, 6) is -24.2. The summed E-state index contributed by atoms with van der Waals surface area (Å²) in [6.07, 6.45) is -4.20. The summed E-state index contributed by atoms with van der Waals surface area (Å²) in [7, 11) is 0. The number of unbranched alkanes of at least 4 members (excludes halogenated alkanes) is 2. The van der Waals surface area contributed by atoms with E-state index in [2.05, 4.69) is 77.4 Å². The number of H-pyrrole nitrogens is 1. The normalized spacial score (nSPS) is 22.2. The average Bonchev–Trinajstić information content (AvgIpc) is 1.68. The lowest BCUT2D eigenvalue weighted by Gasteiger charge is -2.30. The fourth-order valence-corrected chi connectivity index (χ4v) is 15.3. The Morgan fingerprint density at radius 1 is 0.683 bits per heavy atom. The Hall–Kier alpha value is -11.0. The van der Waals surface area contributed by atoms with Crippen LogP contribution in [0.3, 0.4) is 0 Å². The SMILES string of the molecule is CCCCCC(=O)CCC(=O)N[C@@H](CS)C(=O)C[C@H]1CCn2cc(nn2)CC[C@@H](C(=O)C[C@@H](Cc2ccc(O)cc2)C(=O)O)NC(=O)[C@H](CCC(N)=O)CC(=O)[C@H](Cc2c[nH]c3ccccc23)NC(=O)[C@H](CCCNC(N)=O)CC(=O)[C@H](CS)NC(=O)[C@H](CCCN=C(N)N)CC(=O)[C@@H]2CCCN2C(=O)[C@H](CC(=O)O)CC(=O)[C@H]([C@@H](C)O)NC1=O. The number of primary amides is 2. The molecule has 1 fully saturated rings. The Balaban J connectivity index is 1.47. The molecule has 13 atom stereocenters. The van der Waals surface area contributed by atoms with Crippen LogP contribution in [0.5, 0.6) is 5.75 Å². The molecule has 0 radical (unpaired) electrons. The highest BCUT2D eigenvalue weighted by Gasteiger charge is 2.43. The number of carbonyl (C=O) groups is 17. The Labute approximate surface area is 704 Å². The number of nitrogens with zero attached hydrogens (tertiary/aromatic N) is 5. The van der Waals surface area contributed by atoms with Crippen molar-refractivity contribution >= 4 is 142 Å². The van der Waals surface area contributed by atoms with Crippen LogP contribution in [0.25, 0.3) is 10.9 Å². The molecule has 2 bridgehead atoms. The fraction of sp³-hybridized carbons (Fsp3) is 0.580. The van der Waals surface area contributed by atoms with Crippen molar-refractivity contribution in [2.24, 2.45) is 63.4 Å². The number of aromatic amines is 1. The van der Waals surface area contributed by atoms with Crippen LogP contribution >= 0.6 is 25.3 Å². The summed E-state index contributed by atoms with van der Waals surface area (Å²) >= 11 is 8.74. The standard InChI is InChI=1S/C81H114N16O21S2/c1-3-4-5-13-55(99)23-26-71(108)89-61(43-119)66(103)36-50-27-31-96-42-54(94-95-96)20-24-59(64(101)39-52(79(116)117)32-46-17-21-56(100)22-18-46)90-76(113)49(19-25-70(82)107)35-65(102)60(33-53-41-88-58-15-7-6-14-57(53)58)91-74(111)47(12-9-29-87-81(85)118)34-67(104)62(44-120)92-75(112)48(11-8-28-86-80(83)84)37-68(105)63-16-10-30-97(63)78(115)51(40-72(109)110)38-69(106)73(45(2)98)93-77(50)114/h6-7,14-15,17-18,21-22,41-42,45,47-52,59-63,73,88,98,100,119-120H,3-5,8-13,16,19-20,23-40,43-44H2,1-2H3,(H2,82,107)(H,89,108)(H,90,113)(H,91,111)(H,92,112)(H,93,114)(H,109,110)(H,116,117)(H4,83,84,86)(H3,85,87,118)/t45-,47-,48-,49-,50-,51+,52-,59+,60+,61+,62+,63+,73+/m1/s1. The molecule has 9 amide bonds. The van der Waals surface area contributed by atoms with Gasteiger partial charge in [0, 0.05) is 155 Å². The van der Waals surface area contributed by atoms with Crippen LogP contribution in [-0.4, -0.2) is 225 Å². The lowest BCUT2D eigenvalue weighted by molar-refractivity contribution is -0.148. The van der Waals surface area contributed by atoms with E-state index in [1.165, 1.54) is 35.1 Å². The number of rotatable bonds is 35. The number of carboxylic acid groups (broad SMARTS) is 2. The molecule has 39 heteroatoms. The number of urea groups is 1. The number of thiol groups is 2. The molecule has 0 unspecified atom stereocenters. The number of para-hydroxylation sites is 1. The van der Waals surface area contributed by atoms with Crippen molar-refractivity contribution in [3.8, 4) is 5.75 Å². The Morgan fingerprint density at radius 2 is 1.32 bits per heavy atom. The molecule has 19 N–H and O–H groups in total. The third kappa shape index (κ3) is 32.3. The van der Waals surface area contributed by atoms with Gasteiger partial charge in [0.15, 0.2) is 40.7 Å². The number of aliphatic hydroxyl groups is 1. The number of phenolic OH excluding ortho intramolecular Hbond substituents is 1. The predicted molar refractivity (Wildman–Crippen MR) is 443 cm³/mol. The van der Waals surface area contributed by atoms with Crippen LogP contribution in [0.2, 0.25) is 0 Å². The minimum atomic E-state index is -1.89. The first-order chi connectivity index (χ1) is 57.1. The van der Waals surface area contributed by atoms with E-state index in [9.17, 15) is 87.5 Å². The molecule has 120 heavy (non-hydrogen) atoms. The fourth-order valence-electron chi connectivity index (χ4n) is 14.7. The number of carboxylic acids is 2. The zero-order valence-electron chi connectivity index (χ0n) is 67.6. The minimum absolute atomic E-state index is 0.0111. The van der Waals surface area contributed by atoms with Crippen LogP contribution in [0, 0.1) is 35.5 Å². The maximum atomic E-state index is 15.4. The quantitative estimate of drug-likeness (QED) is 0.0135. The third-order valence-electron chi connectivity index (χ3n) is 21.5. The number of ketones is 7. The topological polar surface area (TPSA) is 609 Å². The van der Waals surface area contributed by atoms with Gasteiger partial charge in [-0.2, -0.15) is 25.3 Å². The van der Waals surface area contributed by atoms with Gasteiger partial charge in [0.25, 0.3) is 0 Å². The summed E-state index contributed by atoms with van der Waals surface area (Å²) in [5, 5.41) is 66.9. The summed E-state index contributed by atoms with van der Waals surface area (Å²) in [5.41, 5.74) is 24.0. The number of carbonyl (C=O) groups excluding carboxylic acids is 15. The van der Waals surface area contributed by atoms with E-state index < -0.39 is 235 Å². The van der Waals surface area contributed by atoms with Crippen molar-refractivity contribution in [1.29, 1.82) is 0 Å². The molecule has 2 aliphatic rings. The smallest absolute Gasteiger partial charge is 0.312 e. The minimum Gasteiger partial charge on any atom is -0.508 e. The number of nitrogens with two attached hydrogens (primary N) is 4. The Kier molecular flexibility index (Phi) is 40.4. The van der Waals surface area contributed by atoms with Gasteiger partial charge in [-0.3, -0.25) is 86.4 Å². The number of phenols is 1. The number of aliphatic carboxylic acids is 2. The number of aryl methyl sites for hydroxylation is 2. The zero-order valence-corrected chi connectivity index (χ0v) is 69.4. The molecular weight excluding hydrogens is 1600 g/mol. The first-order valence-electron chi connectivity index (χ1n) is 40.5. The van der Waals surface area contributed by atoms with Gasteiger partial charge in [0.2, 0.25) is 41.4 Å². The molecule has 4 aromatic rings. The Morgan fingerprint density at radius 3 is 1.97 bits per heavy atom. The van der Waals surface area contributed by atoms with Gasteiger partial charge in [-0.05, 0) is 113 Å². The molecule has 2 aliphatic heterocycles. The number of amides is 9. The second kappa shape index (κ2) is 49.6. The molecule has 0 aliphatic carbocycles. The molecule has 6 rings (SSSR count). The van der Waals surface area contributed by atoms with Crippen molar-refractivity contribution in [3.63, 3.8) is 0 Å². The lowest BCUT2D eigenvalue weighted by atomic mass is 9.88. The predicted octanol–water partition coefficient (Wildman–Crippen LogP) is 1.65. The molecule has 37 nitrogen and oxygen atoms in total. The van der Waals surface area contributed by atoms with Gasteiger partial charge in [0.05, 0.1) is 60.3 Å². The molecule has 0 saturated carbocycles. The second-order valence-electron chi connectivity index (χ2n) is 30.8. The summed E-state index contributed by atoms with van der Waals surface area (Å²) in [6.45, 7) is 2.57. The first kappa shape index (κ1) is 97.9. The van der Waals surface area contributed by atoms with Crippen LogP contribution in [0.4, 0.5) is 4.79 Å². The lowest BCUT2D eigenvalue weighted by Crippen LogP contribution is -2.52. The number of Topliss-reactive ketones (excluding diaryl/α,β-unsaturated/α-hetero) is 7. The van der Waals surface area contributed by atoms with Crippen molar-refractivity contribution in [2.75, 3.05) is 31.1 Å². The highest BCUT2D eigenvalue weighted by atomic mass is 32.1. The second-order valence-corrected chi connectivity index (χ2v) is 31.6. The van der Waals surface area contributed by atoms with E-state index in [1.54, 1.807) is 30.5 Å². The van der Waals surface area contributed by atoms with Crippen molar-refractivity contribution in [1.82, 2.24) is 56.8 Å². The number of aliphatic hydroxyl groups excluding tert-OH is 1. The van der Waals surface area contributed by atoms with Crippen LogP contribution in [-0.2, 0) is 103 Å². The van der Waals surface area contributed by atoms with Crippen LogP contribution < -0.4 is 54.8 Å². The summed E-state index contributed by atoms with van der Waals surface area (Å²) in [4.78, 5) is 248. The number of nitrogens with one attached hydrogen (secondary N) is 7. The van der Waals surface area contributed by atoms with E-state index in [-0.39, 0.29) is 145 Å². The van der Waals surface area contributed by atoms with Crippen LogP contribution in [0.1, 0.15) is 178 Å². The highest BCUT2D eigenvalue weighted by molar-refractivity contribution is 7.80. The van der Waals surface area contributed by atoms with Gasteiger partial charge < -0.3 is 85.1 Å². The van der Waals surface area contributed by atoms with E-state index in [4.69, 9.17) is 22.9 Å². The number of hydrogen-bond acceptors (Lipinski definition) is 24.